The van der Waals surface area contributed by atoms with Crippen LogP contribution in [0.25, 0.3) is 0 Å². The maximum Gasteiger partial charge on any atom is 0.161 e. The third-order valence-corrected chi connectivity index (χ3v) is 6.97. The van der Waals surface area contributed by atoms with Gasteiger partial charge in [-0.2, -0.15) is 0 Å². The summed E-state index contributed by atoms with van der Waals surface area (Å²) in [5, 5.41) is 33.6. The molecule has 216 valence electrons. The van der Waals surface area contributed by atoms with Gasteiger partial charge >= 0.3 is 0 Å². The van der Waals surface area contributed by atoms with Gasteiger partial charge in [0, 0.05) is 37.8 Å². The zero-order valence-corrected chi connectivity index (χ0v) is 23.5. The van der Waals surface area contributed by atoms with E-state index in [9.17, 15) is 15.3 Å². The lowest BCUT2D eigenvalue weighted by Gasteiger charge is -2.14. The summed E-state index contributed by atoms with van der Waals surface area (Å²) in [7, 11) is 0. The van der Waals surface area contributed by atoms with Crippen molar-refractivity contribution >= 4 is 0 Å². The molecule has 2 aromatic heterocycles. The van der Waals surface area contributed by atoms with Gasteiger partial charge in [0.15, 0.2) is 11.5 Å². The minimum atomic E-state index is -0.860. The number of aliphatic hydroxyl groups is 2. The highest BCUT2D eigenvalue weighted by Gasteiger charge is 2.16. The van der Waals surface area contributed by atoms with E-state index in [1.165, 1.54) is 19.3 Å². The van der Waals surface area contributed by atoms with Gasteiger partial charge in [0.05, 0.1) is 6.10 Å². The van der Waals surface area contributed by atoms with E-state index >= 15 is 0 Å². The van der Waals surface area contributed by atoms with Crippen molar-refractivity contribution in [2.24, 2.45) is 5.73 Å². The molecule has 0 saturated carbocycles. The summed E-state index contributed by atoms with van der Waals surface area (Å²) in [5.74, 6) is 2.60. The lowest BCUT2D eigenvalue weighted by molar-refractivity contribution is 0.103. The Labute approximate surface area is 232 Å². The molecule has 0 spiro atoms. The molecule has 0 radical (unpaired) electrons. The molecule has 0 aliphatic heterocycles. The first-order valence-corrected chi connectivity index (χ1v) is 14.3. The number of aromatic hydroxyl groups is 1. The molecule has 3 atom stereocenters. The van der Waals surface area contributed by atoms with E-state index in [-0.39, 0.29) is 24.4 Å². The molecule has 8 heteroatoms. The maximum absolute atomic E-state index is 10.7. The fourth-order valence-electron chi connectivity index (χ4n) is 4.55. The summed E-state index contributed by atoms with van der Waals surface area (Å²) in [6.45, 7) is 5.89. The van der Waals surface area contributed by atoms with Gasteiger partial charge in [0.1, 0.15) is 24.2 Å². The lowest BCUT2D eigenvalue weighted by atomic mass is 10.0. The minimum Gasteiger partial charge on any atom is -0.504 e. The number of unbranched alkanes of at least 4 members (excludes halogenated alkanes) is 4. The van der Waals surface area contributed by atoms with Gasteiger partial charge in [-0.25, -0.2) is 0 Å². The number of benzene rings is 1. The van der Waals surface area contributed by atoms with Gasteiger partial charge < -0.3 is 40.5 Å². The van der Waals surface area contributed by atoms with Crippen molar-refractivity contribution in [3.63, 3.8) is 0 Å². The van der Waals surface area contributed by atoms with Crippen molar-refractivity contribution in [1.82, 2.24) is 10.3 Å². The van der Waals surface area contributed by atoms with E-state index in [4.69, 9.17) is 14.9 Å². The summed E-state index contributed by atoms with van der Waals surface area (Å²) >= 11 is 0. The molecular formula is C31H47N3O5. The first kappa shape index (κ1) is 30.8. The number of H-pyrrole nitrogens is 1. The Balaban J connectivity index is 1.44. The van der Waals surface area contributed by atoms with Gasteiger partial charge in [-0.05, 0) is 80.1 Å². The van der Waals surface area contributed by atoms with Crippen LogP contribution in [0.3, 0.4) is 0 Å². The van der Waals surface area contributed by atoms with Crippen molar-refractivity contribution in [1.29, 1.82) is 0 Å². The second-order valence-electron chi connectivity index (χ2n) is 10.6. The van der Waals surface area contributed by atoms with E-state index in [0.717, 1.165) is 67.8 Å². The fourth-order valence-corrected chi connectivity index (χ4v) is 4.55. The molecule has 8 nitrogen and oxygen atoms in total. The zero-order chi connectivity index (χ0) is 28.0. The highest BCUT2D eigenvalue weighted by molar-refractivity contribution is 5.42. The Kier molecular flexibility index (Phi) is 12.9. The summed E-state index contributed by atoms with van der Waals surface area (Å²) in [6.07, 6.45) is 8.98. The van der Waals surface area contributed by atoms with Crippen LogP contribution in [0.2, 0.25) is 0 Å². The van der Waals surface area contributed by atoms with E-state index in [0.29, 0.717) is 18.0 Å². The average Bonchev–Trinajstić information content (AvgIpc) is 3.59. The first-order valence-electron chi connectivity index (χ1n) is 14.3. The summed E-state index contributed by atoms with van der Waals surface area (Å²) < 4.78 is 11.8. The van der Waals surface area contributed by atoms with E-state index in [1.807, 2.05) is 30.5 Å². The fraction of sp³-hybridized carbons (Fsp3) is 0.548. The standard InChI is InChI=1S/C31H47N3O5/c1-22(18-33-19-23(2)35)25-17-28(34-20-25)30(37)21-38-31-16-24(10-14-29(31)36)9-11-27-13-12-26(39-27)8-6-4-3-5-7-15-32/h10,12-14,16-17,20,22-23,30,33-37H,3-9,11,15,18-19,21,32H2,1-2H3. The number of nitrogens with one attached hydrogen (secondary N) is 2. The second-order valence-corrected chi connectivity index (χ2v) is 10.6. The number of nitrogens with two attached hydrogens (primary N) is 1. The molecule has 0 aliphatic rings. The molecule has 3 aromatic rings. The van der Waals surface area contributed by atoms with Gasteiger partial charge in [0.25, 0.3) is 0 Å². The van der Waals surface area contributed by atoms with Gasteiger partial charge in [-0.1, -0.05) is 32.3 Å². The largest absolute Gasteiger partial charge is 0.504 e. The average molecular weight is 542 g/mol. The highest BCUT2D eigenvalue weighted by Crippen LogP contribution is 2.29. The number of rotatable bonds is 19. The predicted octanol–water partition coefficient (Wildman–Crippen LogP) is 4.74. The Morgan fingerprint density at radius 3 is 2.44 bits per heavy atom. The Hall–Kier alpha value is -2.78. The number of aryl methyl sites for hydroxylation is 3. The SMILES string of the molecule is CC(O)CNCC(C)c1c[nH]c(C(O)COc2cc(CCc3ccc(CCCCCCCN)o3)ccc2O)c1. The van der Waals surface area contributed by atoms with E-state index in [1.54, 1.807) is 13.0 Å². The van der Waals surface area contributed by atoms with Gasteiger partial charge in [0.2, 0.25) is 0 Å². The van der Waals surface area contributed by atoms with Crippen LogP contribution in [0.5, 0.6) is 11.5 Å². The van der Waals surface area contributed by atoms with E-state index < -0.39 is 6.10 Å². The second kappa shape index (κ2) is 16.4. The smallest absolute Gasteiger partial charge is 0.161 e. The Morgan fingerprint density at radius 1 is 0.923 bits per heavy atom. The Bertz CT molecular complexity index is 1090. The molecule has 1 aromatic carbocycles. The van der Waals surface area contributed by atoms with Crippen LogP contribution in [0, 0.1) is 0 Å². The van der Waals surface area contributed by atoms with Crippen LogP contribution in [0.15, 0.2) is 47.0 Å². The first-order chi connectivity index (χ1) is 18.9. The maximum atomic E-state index is 10.7. The number of hydrogen-bond donors (Lipinski definition) is 6. The quantitative estimate of drug-likeness (QED) is 0.121. The number of furan rings is 1. The number of aromatic amines is 1. The molecule has 0 bridgehead atoms. The summed E-state index contributed by atoms with van der Waals surface area (Å²) in [4.78, 5) is 3.13. The number of aromatic nitrogens is 1. The highest BCUT2D eigenvalue weighted by atomic mass is 16.5. The van der Waals surface area contributed by atoms with Crippen LogP contribution in [-0.4, -0.2) is 52.6 Å². The molecule has 0 saturated heterocycles. The summed E-state index contributed by atoms with van der Waals surface area (Å²) in [5.41, 5.74) is 8.29. The molecule has 2 heterocycles. The molecule has 0 amide bonds. The van der Waals surface area contributed by atoms with Gasteiger partial charge in [-0.3, -0.25) is 0 Å². The van der Waals surface area contributed by atoms with Crippen molar-refractivity contribution in [2.75, 3.05) is 26.2 Å². The number of aliphatic hydroxyl groups excluding tert-OH is 2. The number of phenols is 1. The molecular weight excluding hydrogens is 494 g/mol. The van der Waals surface area contributed by atoms with Crippen LogP contribution in [0.4, 0.5) is 0 Å². The van der Waals surface area contributed by atoms with Crippen LogP contribution in [-0.2, 0) is 19.3 Å². The van der Waals surface area contributed by atoms with Crippen molar-refractivity contribution in [3.05, 3.63) is 70.9 Å². The molecule has 0 aliphatic carbocycles. The number of ether oxygens (including phenoxy) is 1. The molecule has 3 unspecified atom stereocenters. The molecule has 39 heavy (non-hydrogen) atoms. The lowest BCUT2D eigenvalue weighted by Crippen LogP contribution is -2.27. The minimum absolute atomic E-state index is 0.0133. The zero-order valence-electron chi connectivity index (χ0n) is 23.5. The number of hydrogen-bond acceptors (Lipinski definition) is 7. The molecule has 3 rings (SSSR count). The van der Waals surface area contributed by atoms with Crippen LogP contribution in [0.1, 0.15) is 86.3 Å². The Morgan fingerprint density at radius 2 is 1.67 bits per heavy atom. The summed E-state index contributed by atoms with van der Waals surface area (Å²) in [6, 6.07) is 11.4. The molecule has 7 N–H and O–H groups in total. The van der Waals surface area contributed by atoms with Crippen molar-refractivity contribution in [3.8, 4) is 11.5 Å². The van der Waals surface area contributed by atoms with E-state index in [2.05, 4.69) is 23.3 Å². The van der Waals surface area contributed by atoms with Crippen LogP contribution < -0.4 is 15.8 Å². The third-order valence-electron chi connectivity index (χ3n) is 6.97. The normalized spacial score (nSPS) is 13.9. The van der Waals surface area contributed by atoms with Crippen LogP contribution >= 0.6 is 0 Å². The third kappa shape index (κ3) is 10.7. The van der Waals surface area contributed by atoms with Gasteiger partial charge in [-0.15, -0.1) is 0 Å². The van der Waals surface area contributed by atoms with Crippen molar-refractivity contribution in [2.45, 2.75) is 83.3 Å². The topological polar surface area (TPSA) is 137 Å². The van der Waals surface area contributed by atoms with Crippen molar-refractivity contribution < 1.29 is 24.5 Å². The molecule has 0 fully saturated rings. The number of phenolic OH excluding ortho intramolecular Hbond substituents is 1. The monoisotopic (exact) mass is 541 g/mol. The predicted molar refractivity (Wildman–Crippen MR) is 154 cm³/mol.